The van der Waals surface area contributed by atoms with Gasteiger partial charge in [-0.25, -0.2) is 4.79 Å². The summed E-state index contributed by atoms with van der Waals surface area (Å²) in [5, 5.41) is 34.9. The molecule has 144 valence electrons. The Morgan fingerprint density at radius 1 is 1.18 bits per heavy atom. The fraction of sp³-hybridized carbons (Fsp3) is 0.158. The molecule has 9 nitrogen and oxygen atoms in total. The molecule has 1 aromatic heterocycles. The van der Waals surface area contributed by atoms with E-state index in [2.05, 4.69) is 5.10 Å². The highest BCUT2D eigenvalue weighted by molar-refractivity contribution is 5.87. The summed E-state index contributed by atoms with van der Waals surface area (Å²) in [6.45, 7) is -0.403. The number of rotatable bonds is 8. The number of hydrogen-bond donors (Lipinski definition) is 2. The van der Waals surface area contributed by atoms with E-state index in [1.807, 2.05) is 18.2 Å². The topological polar surface area (TPSA) is 128 Å². The zero-order chi connectivity index (χ0) is 20.1. The molecule has 0 spiro atoms. The van der Waals surface area contributed by atoms with Crippen LogP contribution in [0.1, 0.15) is 10.5 Å². The van der Waals surface area contributed by atoms with Crippen molar-refractivity contribution in [3.63, 3.8) is 0 Å². The van der Waals surface area contributed by atoms with Gasteiger partial charge in [0.25, 0.3) is 0 Å². The Morgan fingerprint density at radius 3 is 2.54 bits per heavy atom. The smallest absolute Gasteiger partial charge is 0.354 e. The number of carbonyl (C=O) groups is 1. The molecule has 0 aliphatic carbocycles. The first-order valence-corrected chi connectivity index (χ1v) is 8.36. The summed E-state index contributed by atoms with van der Waals surface area (Å²) in [4.78, 5) is 21.9. The number of ether oxygens (including phenoxy) is 1. The van der Waals surface area contributed by atoms with Gasteiger partial charge in [0.15, 0.2) is 5.75 Å². The van der Waals surface area contributed by atoms with E-state index < -0.39 is 17.0 Å². The fourth-order valence-corrected chi connectivity index (χ4v) is 2.65. The number of carboxylic acids is 1. The lowest BCUT2D eigenvalue weighted by molar-refractivity contribution is -0.385. The van der Waals surface area contributed by atoms with Gasteiger partial charge in [-0.05, 0) is 12.1 Å². The number of aromatic nitrogens is 2. The number of aromatic carboxylic acids is 1. The monoisotopic (exact) mass is 383 g/mol. The van der Waals surface area contributed by atoms with E-state index in [1.54, 1.807) is 18.2 Å². The molecule has 1 unspecified atom stereocenters. The van der Waals surface area contributed by atoms with E-state index in [0.29, 0.717) is 5.69 Å². The van der Waals surface area contributed by atoms with Crippen molar-refractivity contribution in [1.29, 1.82) is 0 Å². The Kier molecular flexibility index (Phi) is 5.66. The molecular formula is C19H17N3O6. The SMILES string of the molecule is O=C(O)c1cc(-c2ccccc2)nn1CC(O)COc1ccccc1[N+](=O)[O-]. The van der Waals surface area contributed by atoms with Crippen molar-refractivity contribution in [2.45, 2.75) is 12.6 Å². The second kappa shape index (κ2) is 8.31. The summed E-state index contributed by atoms with van der Waals surface area (Å²) >= 11 is 0. The number of benzene rings is 2. The van der Waals surface area contributed by atoms with Gasteiger partial charge >= 0.3 is 11.7 Å². The van der Waals surface area contributed by atoms with Crippen LogP contribution in [0, 0.1) is 10.1 Å². The van der Waals surface area contributed by atoms with Crippen molar-refractivity contribution in [2.24, 2.45) is 0 Å². The van der Waals surface area contributed by atoms with E-state index in [9.17, 15) is 25.1 Å². The lowest BCUT2D eigenvalue weighted by atomic mass is 10.1. The first kappa shape index (κ1) is 19.1. The van der Waals surface area contributed by atoms with Crippen molar-refractivity contribution in [1.82, 2.24) is 9.78 Å². The van der Waals surface area contributed by atoms with Gasteiger partial charge in [-0.3, -0.25) is 14.8 Å². The van der Waals surface area contributed by atoms with Gasteiger partial charge in [-0.1, -0.05) is 42.5 Å². The van der Waals surface area contributed by atoms with E-state index in [4.69, 9.17) is 4.74 Å². The Bertz CT molecular complexity index is 986. The molecule has 1 heterocycles. The molecule has 0 saturated carbocycles. The molecule has 1 atom stereocenters. The summed E-state index contributed by atoms with van der Waals surface area (Å²) in [5.41, 5.74) is 0.911. The van der Waals surface area contributed by atoms with Gasteiger partial charge in [-0.15, -0.1) is 0 Å². The number of hydrogen-bond acceptors (Lipinski definition) is 6. The van der Waals surface area contributed by atoms with Gasteiger partial charge in [-0.2, -0.15) is 5.10 Å². The Labute approximate surface area is 159 Å². The van der Waals surface area contributed by atoms with Crippen LogP contribution in [0.2, 0.25) is 0 Å². The molecular weight excluding hydrogens is 366 g/mol. The number of nitro groups is 1. The second-order valence-electron chi connectivity index (χ2n) is 5.96. The molecule has 2 aromatic carbocycles. The van der Waals surface area contributed by atoms with E-state index in [-0.39, 0.29) is 30.3 Å². The van der Waals surface area contributed by atoms with Gasteiger partial charge < -0.3 is 14.9 Å². The maximum absolute atomic E-state index is 11.5. The maximum atomic E-state index is 11.5. The Morgan fingerprint density at radius 2 is 1.86 bits per heavy atom. The largest absolute Gasteiger partial charge is 0.484 e. The van der Waals surface area contributed by atoms with Crippen molar-refractivity contribution in [3.8, 4) is 17.0 Å². The fourth-order valence-electron chi connectivity index (χ4n) is 2.65. The van der Waals surface area contributed by atoms with Crippen molar-refractivity contribution in [2.75, 3.05) is 6.61 Å². The van der Waals surface area contributed by atoms with Crippen LogP contribution in [0.15, 0.2) is 60.7 Å². The molecule has 3 rings (SSSR count). The third kappa shape index (κ3) is 4.33. The van der Waals surface area contributed by atoms with Gasteiger partial charge in [0.05, 0.1) is 17.2 Å². The number of aliphatic hydroxyl groups excluding tert-OH is 1. The lowest BCUT2D eigenvalue weighted by Gasteiger charge is -2.13. The van der Waals surface area contributed by atoms with Crippen molar-refractivity contribution >= 4 is 11.7 Å². The minimum absolute atomic E-state index is 0.0236. The van der Waals surface area contributed by atoms with Gasteiger partial charge in [0.2, 0.25) is 0 Å². The normalized spacial score (nSPS) is 11.8. The summed E-state index contributed by atoms with van der Waals surface area (Å²) in [6, 6.07) is 16.3. The summed E-state index contributed by atoms with van der Waals surface area (Å²) in [5.74, 6) is -1.16. The van der Waals surface area contributed by atoms with Gasteiger partial charge in [0.1, 0.15) is 18.4 Å². The number of nitro benzene ring substituents is 1. The number of nitrogens with zero attached hydrogens (tertiary/aromatic N) is 3. The van der Waals surface area contributed by atoms with Crippen LogP contribution in [0.4, 0.5) is 5.69 Å². The Hall–Kier alpha value is -3.72. The predicted octanol–water partition coefficient (Wildman–Crippen LogP) is 2.60. The first-order valence-electron chi connectivity index (χ1n) is 8.36. The highest BCUT2D eigenvalue weighted by Gasteiger charge is 2.19. The standard InChI is InChI=1S/C19H17N3O6/c23-14(12-28-18-9-5-4-8-16(18)22(26)27)11-21-17(19(24)25)10-15(20-21)13-6-2-1-3-7-13/h1-10,14,23H,11-12H2,(H,24,25). The summed E-state index contributed by atoms with van der Waals surface area (Å²) in [7, 11) is 0. The molecule has 0 radical (unpaired) electrons. The van der Waals surface area contributed by atoms with Crippen LogP contribution in [0.25, 0.3) is 11.3 Å². The van der Waals surface area contributed by atoms with Crippen LogP contribution < -0.4 is 4.74 Å². The molecule has 9 heteroatoms. The third-order valence-electron chi connectivity index (χ3n) is 3.95. The molecule has 3 aromatic rings. The molecule has 0 bridgehead atoms. The maximum Gasteiger partial charge on any atom is 0.354 e. The summed E-state index contributed by atoms with van der Waals surface area (Å²) < 4.78 is 6.52. The zero-order valence-electron chi connectivity index (χ0n) is 14.6. The van der Waals surface area contributed by atoms with Crippen LogP contribution in [-0.4, -0.2) is 43.6 Å². The minimum atomic E-state index is -1.18. The molecule has 0 amide bonds. The minimum Gasteiger partial charge on any atom is -0.484 e. The number of para-hydroxylation sites is 2. The highest BCUT2D eigenvalue weighted by atomic mass is 16.6. The quantitative estimate of drug-likeness (QED) is 0.452. The average molecular weight is 383 g/mol. The molecule has 28 heavy (non-hydrogen) atoms. The van der Waals surface area contributed by atoms with Crippen LogP contribution in [0.5, 0.6) is 5.75 Å². The van der Waals surface area contributed by atoms with Crippen LogP contribution >= 0.6 is 0 Å². The zero-order valence-corrected chi connectivity index (χ0v) is 14.6. The lowest BCUT2D eigenvalue weighted by Crippen LogP contribution is -2.26. The number of carboxylic acid groups (broad SMARTS) is 1. The third-order valence-corrected chi connectivity index (χ3v) is 3.95. The first-order chi connectivity index (χ1) is 13.5. The highest BCUT2D eigenvalue weighted by Crippen LogP contribution is 2.26. The molecule has 0 aliphatic heterocycles. The average Bonchev–Trinajstić information content (AvgIpc) is 3.11. The van der Waals surface area contributed by atoms with Crippen molar-refractivity contribution in [3.05, 3.63) is 76.5 Å². The van der Waals surface area contributed by atoms with Crippen LogP contribution in [-0.2, 0) is 6.54 Å². The van der Waals surface area contributed by atoms with E-state index >= 15 is 0 Å². The molecule has 2 N–H and O–H groups in total. The number of aliphatic hydroxyl groups is 1. The Balaban J connectivity index is 1.73. The molecule has 0 aliphatic rings. The predicted molar refractivity (Wildman–Crippen MR) is 99.2 cm³/mol. The second-order valence-corrected chi connectivity index (χ2v) is 5.96. The van der Waals surface area contributed by atoms with Crippen LogP contribution in [0.3, 0.4) is 0 Å². The summed E-state index contributed by atoms with van der Waals surface area (Å²) in [6.07, 6.45) is -1.12. The van der Waals surface area contributed by atoms with Crippen molar-refractivity contribution < 1.29 is 24.7 Å². The van der Waals surface area contributed by atoms with E-state index in [1.165, 1.54) is 28.9 Å². The van der Waals surface area contributed by atoms with Gasteiger partial charge in [0, 0.05) is 11.6 Å². The molecule has 0 saturated heterocycles. The molecule has 0 fully saturated rings. The van der Waals surface area contributed by atoms with E-state index in [0.717, 1.165) is 5.56 Å².